The number of nitrogens with zero attached hydrogens (tertiary/aromatic N) is 1. The average Bonchev–Trinajstić information content (AvgIpc) is 2.71. The van der Waals surface area contributed by atoms with E-state index in [-0.39, 0.29) is 5.75 Å². The number of halogens is 3. The molecule has 0 aliphatic rings. The molecule has 0 aliphatic carbocycles. The molecule has 0 aromatic heterocycles. The summed E-state index contributed by atoms with van der Waals surface area (Å²) in [6.45, 7) is 0.889. The van der Waals surface area contributed by atoms with Gasteiger partial charge in [0.1, 0.15) is 0 Å². The van der Waals surface area contributed by atoms with Gasteiger partial charge >= 0.3 is 6.18 Å². The Labute approximate surface area is 167 Å². The Morgan fingerprint density at radius 2 is 1.59 bits per heavy atom. The monoisotopic (exact) mass is 411 g/mol. The minimum absolute atomic E-state index is 0.0715. The van der Waals surface area contributed by atoms with E-state index in [9.17, 15) is 18.3 Å². The number of aliphatic imine (C=N–C) groups is 1. The summed E-state index contributed by atoms with van der Waals surface area (Å²) in [5.74, 6) is 1.05. The largest absolute Gasteiger partial charge is 0.502 e. The van der Waals surface area contributed by atoms with Gasteiger partial charge in [0.25, 0.3) is 0 Å². The topological polar surface area (TPSA) is 75.1 Å². The van der Waals surface area contributed by atoms with Crippen molar-refractivity contribution in [2.24, 2.45) is 4.99 Å². The van der Waals surface area contributed by atoms with E-state index in [1.807, 2.05) is 0 Å². The van der Waals surface area contributed by atoms with Gasteiger partial charge in [0.2, 0.25) is 5.75 Å². The predicted octanol–water partition coefficient (Wildman–Crippen LogP) is 3.34. The van der Waals surface area contributed by atoms with Crippen molar-refractivity contribution < 1.29 is 27.8 Å². The molecule has 29 heavy (non-hydrogen) atoms. The van der Waals surface area contributed by atoms with Crippen LogP contribution in [0.1, 0.15) is 16.7 Å². The smallest absolute Gasteiger partial charge is 0.416 e. The van der Waals surface area contributed by atoms with Crippen molar-refractivity contribution in [3.63, 3.8) is 0 Å². The van der Waals surface area contributed by atoms with Gasteiger partial charge in [-0.15, -0.1) is 0 Å². The highest BCUT2D eigenvalue weighted by atomic mass is 19.4. The summed E-state index contributed by atoms with van der Waals surface area (Å²) in [4.78, 5) is 4.12. The molecule has 0 saturated carbocycles. The van der Waals surface area contributed by atoms with Crippen molar-refractivity contribution in [2.75, 3.05) is 27.8 Å². The van der Waals surface area contributed by atoms with E-state index in [2.05, 4.69) is 15.6 Å². The molecule has 0 saturated heterocycles. The first kappa shape index (κ1) is 22.2. The molecule has 2 aromatic carbocycles. The Bertz CT molecular complexity index is 812. The molecule has 0 heterocycles. The molecule has 0 radical (unpaired) electrons. The van der Waals surface area contributed by atoms with Gasteiger partial charge in [0.15, 0.2) is 17.5 Å². The van der Waals surface area contributed by atoms with Crippen LogP contribution in [-0.4, -0.2) is 38.9 Å². The second-order valence-corrected chi connectivity index (χ2v) is 6.15. The lowest BCUT2D eigenvalue weighted by atomic mass is 10.1. The Balaban J connectivity index is 1.88. The van der Waals surface area contributed by atoms with Crippen LogP contribution in [0.25, 0.3) is 0 Å². The fraction of sp³-hybridized carbons (Fsp3) is 0.350. The third kappa shape index (κ3) is 6.20. The van der Waals surface area contributed by atoms with Crippen molar-refractivity contribution in [1.29, 1.82) is 0 Å². The molecule has 0 aliphatic heterocycles. The van der Waals surface area contributed by atoms with Crippen molar-refractivity contribution in [1.82, 2.24) is 10.6 Å². The molecule has 0 unspecified atom stereocenters. The maximum atomic E-state index is 12.6. The zero-order chi connectivity index (χ0) is 21.4. The first-order chi connectivity index (χ1) is 13.8. The van der Waals surface area contributed by atoms with E-state index in [4.69, 9.17) is 9.47 Å². The number of methoxy groups -OCH3 is 2. The van der Waals surface area contributed by atoms with Crippen LogP contribution in [0.15, 0.2) is 41.4 Å². The number of ether oxygens (including phenoxy) is 2. The van der Waals surface area contributed by atoms with Crippen LogP contribution >= 0.6 is 0 Å². The Kier molecular flexibility index (Phi) is 7.58. The van der Waals surface area contributed by atoms with Gasteiger partial charge in [-0.3, -0.25) is 4.99 Å². The van der Waals surface area contributed by atoms with E-state index < -0.39 is 11.7 Å². The predicted molar refractivity (Wildman–Crippen MR) is 105 cm³/mol. The SMILES string of the molecule is CN=C(NCCc1ccc(C(F)(F)F)cc1)NCc1cc(OC)c(O)c(OC)c1. The van der Waals surface area contributed by atoms with Crippen molar-refractivity contribution >= 4 is 5.96 Å². The third-order valence-corrected chi connectivity index (χ3v) is 4.21. The van der Waals surface area contributed by atoms with Crippen LogP contribution in [0.4, 0.5) is 13.2 Å². The summed E-state index contributed by atoms with van der Waals surface area (Å²) in [7, 11) is 4.52. The number of aromatic hydroxyl groups is 1. The Hall–Kier alpha value is -3.10. The van der Waals surface area contributed by atoms with E-state index in [0.717, 1.165) is 23.3 Å². The fourth-order valence-corrected chi connectivity index (χ4v) is 2.64. The number of phenolic OH excluding ortho intramolecular Hbond substituents is 1. The molecule has 3 N–H and O–H groups in total. The van der Waals surface area contributed by atoms with E-state index in [1.165, 1.54) is 26.4 Å². The molecule has 0 spiro atoms. The Morgan fingerprint density at radius 1 is 1.00 bits per heavy atom. The van der Waals surface area contributed by atoms with Crippen molar-refractivity contribution in [2.45, 2.75) is 19.1 Å². The second kappa shape index (κ2) is 9.90. The molecular weight excluding hydrogens is 387 g/mol. The molecule has 2 aromatic rings. The zero-order valence-electron chi connectivity index (χ0n) is 16.4. The summed E-state index contributed by atoms with van der Waals surface area (Å²) >= 11 is 0. The van der Waals surface area contributed by atoms with Gasteiger partial charge in [-0.1, -0.05) is 12.1 Å². The molecular formula is C20H24F3N3O3. The van der Waals surface area contributed by atoms with Gasteiger partial charge < -0.3 is 25.2 Å². The number of hydrogen-bond donors (Lipinski definition) is 3. The normalized spacial score (nSPS) is 11.9. The molecule has 6 nitrogen and oxygen atoms in total. The van der Waals surface area contributed by atoms with Crippen molar-refractivity contribution in [3.8, 4) is 17.2 Å². The van der Waals surface area contributed by atoms with Crippen LogP contribution < -0.4 is 20.1 Å². The maximum absolute atomic E-state index is 12.6. The molecule has 0 amide bonds. The molecule has 9 heteroatoms. The number of alkyl halides is 3. The van der Waals surface area contributed by atoms with Crippen molar-refractivity contribution in [3.05, 3.63) is 53.1 Å². The lowest BCUT2D eigenvalue weighted by Crippen LogP contribution is -2.37. The lowest BCUT2D eigenvalue weighted by molar-refractivity contribution is -0.137. The highest BCUT2D eigenvalue weighted by Crippen LogP contribution is 2.37. The van der Waals surface area contributed by atoms with Crippen LogP contribution in [0.3, 0.4) is 0 Å². The quantitative estimate of drug-likeness (QED) is 0.481. The number of benzene rings is 2. The Morgan fingerprint density at radius 3 is 2.07 bits per heavy atom. The number of phenols is 1. The minimum Gasteiger partial charge on any atom is -0.502 e. The lowest BCUT2D eigenvalue weighted by Gasteiger charge is -2.14. The molecule has 0 fully saturated rings. The van der Waals surface area contributed by atoms with Crippen LogP contribution in [0, 0.1) is 0 Å². The van der Waals surface area contributed by atoms with Crippen LogP contribution in [0.5, 0.6) is 17.2 Å². The summed E-state index contributed by atoms with van der Waals surface area (Å²) in [6, 6.07) is 8.45. The minimum atomic E-state index is -4.33. The van der Waals surface area contributed by atoms with Gasteiger partial charge in [-0.25, -0.2) is 0 Å². The summed E-state index contributed by atoms with van der Waals surface area (Å²) < 4.78 is 48.1. The van der Waals surface area contributed by atoms with E-state index in [1.54, 1.807) is 19.2 Å². The van der Waals surface area contributed by atoms with Crippen LogP contribution in [0.2, 0.25) is 0 Å². The van der Waals surface area contributed by atoms with E-state index >= 15 is 0 Å². The second-order valence-electron chi connectivity index (χ2n) is 6.15. The van der Waals surface area contributed by atoms with Gasteiger partial charge in [-0.2, -0.15) is 13.2 Å². The summed E-state index contributed by atoms with van der Waals surface area (Å²) in [5, 5.41) is 16.2. The first-order valence-electron chi connectivity index (χ1n) is 8.83. The first-order valence-corrected chi connectivity index (χ1v) is 8.83. The van der Waals surface area contributed by atoms with Crippen LogP contribution in [-0.2, 0) is 19.1 Å². The van der Waals surface area contributed by atoms with E-state index in [0.29, 0.717) is 37.0 Å². The highest BCUT2D eigenvalue weighted by Gasteiger charge is 2.29. The summed E-state index contributed by atoms with van der Waals surface area (Å²) in [5.41, 5.74) is 0.933. The van der Waals surface area contributed by atoms with Gasteiger partial charge in [0.05, 0.1) is 19.8 Å². The zero-order valence-corrected chi connectivity index (χ0v) is 16.4. The summed E-state index contributed by atoms with van der Waals surface area (Å²) in [6.07, 6.45) is -3.79. The van der Waals surface area contributed by atoms with Gasteiger partial charge in [-0.05, 0) is 41.8 Å². The molecule has 0 atom stereocenters. The van der Waals surface area contributed by atoms with Gasteiger partial charge in [0, 0.05) is 20.1 Å². The molecule has 158 valence electrons. The number of rotatable bonds is 7. The molecule has 0 bridgehead atoms. The average molecular weight is 411 g/mol. The molecule has 2 rings (SSSR count). The maximum Gasteiger partial charge on any atom is 0.416 e. The fourth-order valence-electron chi connectivity index (χ4n) is 2.64. The highest BCUT2D eigenvalue weighted by molar-refractivity contribution is 5.79. The number of guanidine groups is 1. The number of hydrogen-bond acceptors (Lipinski definition) is 4. The standard InChI is InChI=1S/C20H24F3N3O3/c1-24-19(25-9-8-13-4-6-15(7-5-13)20(21,22)23)26-12-14-10-16(28-2)18(27)17(11-14)29-3/h4-7,10-11,27H,8-9,12H2,1-3H3,(H2,24,25,26). The third-order valence-electron chi connectivity index (χ3n) is 4.21. The number of nitrogens with one attached hydrogen (secondary N) is 2.